The molecule has 3 N–H and O–H groups in total. The van der Waals surface area contributed by atoms with Gasteiger partial charge in [-0.3, -0.25) is 9.69 Å². The number of halogens is 1. The van der Waals surface area contributed by atoms with Gasteiger partial charge in [-0.15, -0.1) is 24.0 Å². The van der Waals surface area contributed by atoms with Crippen molar-refractivity contribution in [3.8, 4) is 0 Å². The molecule has 1 saturated heterocycles. The summed E-state index contributed by atoms with van der Waals surface area (Å²) in [5.41, 5.74) is 2.57. The molecule has 33 heavy (non-hydrogen) atoms. The van der Waals surface area contributed by atoms with Crippen molar-refractivity contribution in [3.63, 3.8) is 0 Å². The number of rotatable bonds is 10. The number of nitrogens with zero attached hydrogens (tertiary/aromatic N) is 2. The van der Waals surface area contributed by atoms with Gasteiger partial charge in [-0.05, 0) is 36.8 Å². The van der Waals surface area contributed by atoms with Crippen LogP contribution in [0.1, 0.15) is 56.6 Å². The van der Waals surface area contributed by atoms with E-state index in [0.29, 0.717) is 32.0 Å². The number of amides is 1. The van der Waals surface area contributed by atoms with Crippen LogP contribution >= 0.6 is 24.0 Å². The van der Waals surface area contributed by atoms with Crippen molar-refractivity contribution < 1.29 is 9.53 Å². The van der Waals surface area contributed by atoms with Crippen molar-refractivity contribution in [1.29, 1.82) is 0 Å². The molecule has 1 aliphatic carbocycles. The summed E-state index contributed by atoms with van der Waals surface area (Å²) in [4.78, 5) is 19.4. The van der Waals surface area contributed by atoms with Crippen LogP contribution in [0.15, 0.2) is 29.3 Å². The predicted octanol–water partition coefficient (Wildman–Crippen LogP) is 3.28. The summed E-state index contributed by atoms with van der Waals surface area (Å²) in [7, 11) is 0. The maximum atomic E-state index is 12.2. The molecule has 0 radical (unpaired) electrons. The molecule has 2 aliphatic rings. The Kier molecular flexibility index (Phi) is 13.7. The van der Waals surface area contributed by atoms with Gasteiger partial charge in [0.15, 0.2) is 5.96 Å². The van der Waals surface area contributed by atoms with Crippen molar-refractivity contribution in [2.45, 2.75) is 58.5 Å². The van der Waals surface area contributed by atoms with E-state index in [0.717, 1.165) is 45.4 Å². The Bertz CT molecular complexity index is 719. The molecular formula is C25H42IN5O2. The first-order valence-corrected chi connectivity index (χ1v) is 12.4. The summed E-state index contributed by atoms with van der Waals surface area (Å²) in [6, 6.07) is 8.54. The Labute approximate surface area is 216 Å². The number of nitrogens with one attached hydrogen (secondary N) is 3. The molecule has 1 aromatic rings. The molecule has 2 fully saturated rings. The number of ether oxygens (including phenoxy) is 1. The molecule has 1 heterocycles. The third-order valence-electron chi connectivity index (χ3n) is 6.31. The van der Waals surface area contributed by atoms with Gasteiger partial charge in [0.1, 0.15) is 0 Å². The monoisotopic (exact) mass is 571 g/mol. The summed E-state index contributed by atoms with van der Waals surface area (Å²) in [6.07, 6.45) is 6.96. The van der Waals surface area contributed by atoms with Gasteiger partial charge in [0.2, 0.25) is 5.91 Å². The van der Waals surface area contributed by atoms with Gasteiger partial charge in [-0.1, -0.05) is 43.5 Å². The average molecular weight is 572 g/mol. The quantitative estimate of drug-likeness (QED) is 0.174. The van der Waals surface area contributed by atoms with Crippen LogP contribution in [-0.4, -0.2) is 62.7 Å². The Morgan fingerprint density at radius 1 is 1.03 bits per heavy atom. The lowest BCUT2D eigenvalue weighted by Crippen LogP contribution is -2.41. The Hall–Kier alpha value is -1.39. The van der Waals surface area contributed by atoms with Crippen molar-refractivity contribution >= 4 is 35.8 Å². The number of benzene rings is 1. The largest absolute Gasteiger partial charge is 0.379 e. The summed E-state index contributed by atoms with van der Waals surface area (Å²) < 4.78 is 5.47. The third-order valence-corrected chi connectivity index (χ3v) is 6.31. The number of carbonyl (C=O) groups excluding carboxylic acids is 1. The van der Waals surface area contributed by atoms with Crippen LogP contribution in [0, 0.1) is 5.92 Å². The molecule has 1 aromatic carbocycles. The number of morpholine rings is 1. The zero-order chi connectivity index (χ0) is 22.4. The molecule has 3 rings (SSSR count). The van der Waals surface area contributed by atoms with Crippen LogP contribution in [-0.2, 0) is 22.6 Å². The molecule has 0 aromatic heterocycles. The molecule has 0 bridgehead atoms. The number of hydrogen-bond donors (Lipinski definition) is 3. The van der Waals surface area contributed by atoms with E-state index in [9.17, 15) is 4.79 Å². The Morgan fingerprint density at radius 2 is 1.73 bits per heavy atom. The SMILES string of the molecule is CCNC(=NCc1ccccc1CN1CCOCC1)NCCNC(=O)CC1CCCCC1.I. The minimum atomic E-state index is 0. The minimum Gasteiger partial charge on any atom is -0.379 e. The van der Waals surface area contributed by atoms with Crippen LogP contribution < -0.4 is 16.0 Å². The lowest BCUT2D eigenvalue weighted by molar-refractivity contribution is -0.122. The molecule has 0 spiro atoms. The van der Waals surface area contributed by atoms with E-state index in [2.05, 4.69) is 52.0 Å². The fourth-order valence-electron chi connectivity index (χ4n) is 4.48. The van der Waals surface area contributed by atoms with E-state index in [1.807, 2.05) is 0 Å². The van der Waals surface area contributed by atoms with Crippen LogP contribution in [0.25, 0.3) is 0 Å². The van der Waals surface area contributed by atoms with E-state index >= 15 is 0 Å². The van der Waals surface area contributed by atoms with E-state index in [-0.39, 0.29) is 29.9 Å². The van der Waals surface area contributed by atoms with Gasteiger partial charge >= 0.3 is 0 Å². The highest BCUT2D eigenvalue weighted by Crippen LogP contribution is 2.25. The topological polar surface area (TPSA) is 78.0 Å². The summed E-state index contributed by atoms with van der Waals surface area (Å²) in [6.45, 7) is 9.29. The molecular weight excluding hydrogens is 529 g/mol. The maximum Gasteiger partial charge on any atom is 0.220 e. The second-order valence-corrected chi connectivity index (χ2v) is 8.84. The number of hydrogen-bond acceptors (Lipinski definition) is 4. The highest BCUT2D eigenvalue weighted by Gasteiger charge is 2.16. The lowest BCUT2D eigenvalue weighted by Gasteiger charge is -2.27. The van der Waals surface area contributed by atoms with Crippen LogP contribution in [0.2, 0.25) is 0 Å². The number of aliphatic imine (C=N–C) groups is 1. The zero-order valence-corrected chi connectivity index (χ0v) is 22.4. The first-order valence-electron chi connectivity index (χ1n) is 12.4. The summed E-state index contributed by atoms with van der Waals surface area (Å²) in [5.74, 6) is 1.54. The first kappa shape index (κ1) is 27.9. The molecule has 1 saturated carbocycles. The van der Waals surface area contributed by atoms with Crippen molar-refractivity contribution in [1.82, 2.24) is 20.9 Å². The first-order chi connectivity index (χ1) is 15.7. The average Bonchev–Trinajstić information content (AvgIpc) is 2.82. The molecule has 0 atom stereocenters. The normalized spacial score (nSPS) is 17.8. The molecule has 1 aliphatic heterocycles. The van der Waals surface area contributed by atoms with Gasteiger partial charge < -0.3 is 20.7 Å². The molecule has 1 amide bonds. The third kappa shape index (κ3) is 10.6. The summed E-state index contributed by atoms with van der Waals surface area (Å²) >= 11 is 0. The summed E-state index contributed by atoms with van der Waals surface area (Å²) in [5, 5.41) is 9.71. The van der Waals surface area contributed by atoms with Gasteiger partial charge in [0.05, 0.1) is 19.8 Å². The second kappa shape index (κ2) is 16.3. The van der Waals surface area contributed by atoms with Gasteiger partial charge in [-0.25, -0.2) is 4.99 Å². The standard InChI is InChI=1S/C25H41N5O2.HI/c1-2-26-25(28-13-12-27-24(31)18-21-8-4-3-5-9-21)29-19-22-10-6-7-11-23(22)20-30-14-16-32-17-15-30;/h6-7,10-11,21H,2-5,8-9,12-20H2,1H3,(H,27,31)(H2,26,28,29);1H. The van der Waals surface area contributed by atoms with Crippen molar-refractivity contribution in [2.24, 2.45) is 10.9 Å². The predicted molar refractivity (Wildman–Crippen MR) is 145 cm³/mol. The van der Waals surface area contributed by atoms with Crippen LogP contribution in [0.5, 0.6) is 0 Å². The Morgan fingerprint density at radius 3 is 2.45 bits per heavy atom. The van der Waals surface area contributed by atoms with Crippen LogP contribution in [0.3, 0.4) is 0 Å². The van der Waals surface area contributed by atoms with E-state index in [1.165, 1.54) is 43.2 Å². The van der Waals surface area contributed by atoms with Crippen molar-refractivity contribution in [3.05, 3.63) is 35.4 Å². The van der Waals surface area contributed by atoms with Gasteiger partial charge in [0.25, 0.3) is 0 Å². The highest BCUT2D eigenvalue weighted by molar-refractivity contribution is 14.0. The van der Waals surface area contributed by atoms with E-state index in [1.54, 1.807) is 0 Å². The molecule has 8 heteroatoms. The number of guanidine groups is 1. The Balaban J connectivity index is 0.00000385. The van der Waals surface area contributed by atoms with Gasteiger partial charge in [-0.2, -0.15) is 0 Å². The van der Waals surface area contributed by atoms with Crippen molar-refractivity contribution in [2.75, 3.05) is 45.9 Å². The fourth-order valence-corrected chi connectivity index (χ4v) is 4.48. The smallest absolute Gasteiger partial charge is 0.220 e. The maximum absolute atomic E-state index is 12.2. The number of carbonyl (C=O) groups is 1. The van der Waals surface area contributed by atoms with E-state index < -0.39 is 0 Å². The van der Waals surface area contributed by atoms with Crippen LogP contribution in [0.4, 0.5) is 0 Å². The molecule has 7 nitrogen and oxygen atoms in total. The second-order valence-electron chi connectivity index (χ2n) is 8.84. The molecule has 0 unspecified atom stereocenters. The highest BCUT2D eigenvalue weighted by atomic mass is 127. The fraction of sp³-hybridized carbons (Fsp3) is 0.680. The minimum absolute atomic E-state index is 0. The van der Waals surface area contributed by atoms with Gasteiger partial charge in [0, 0.05) is 45.7 Å². The molecule has 186 valence electrons. The zero-order valence-electron chi connectivity index (χ0n) is 20.1. The lowest BCUT2D eigenvalue weighted by atomic mass is 9.87. The van der Waals surface area contributed by atoms with E-state index in [4.69, 9.17) is 9.73 Å².